The second-order valence-electron chi connectivity index (χ2n) is 4.46. The van der Waals surface area contributed by atoms with Crippen LogP contribution in [0.1, 0.15) is 18.7 Å². The first-order valence-corrected chi connectivity index (χ1v) is 6.57. The van der Waals surface area contributed by atoms with Gasteiger partial charge in [0.1, 0.15) is 0 Å². The summed E-state index contributed by atoms with van der Waals surface area (Å²) in [5.74, 6) is 0.814. The third-order valence-corrected chi connectivity index (χ3v) is 3.76. The second kappa shape index (κ2) is 8.53. The number of guanidine groups is 1. The predicted octanol–water partition coefficient (Wildman–Crippen LogP) is 2.99. The van der Waals surface area contributed by atoms with E-state index in [0.717, 1.165) is 19.0 Å². The predicted molar refractivity (Wildman–Crippen MR) is 92.3 cm³/mol. The zero-order valence-corrected chi connectivity index (χ0v) is 14.3. The fraction of sp³-hybridized carbons (Fsp3) is 0.462. The molecule has 0 unspecified atom stereocenters. The van der Waals surface area contributed by atoms with Crippen LogP contribution in [0.4, 0.5) is 0 Å². The minimum absolute atomic E-state index is 0. The second-order valence-corrected chi connectivity index (χ2v) is 5.40. The van der Waals surface area contributed by atoms with Gasteiger partial charge in [0.15, 0.2) is 5.96 Å². The van der Waals surface area contributed by atoms with Gasteiger partial charge in [-0.15, -0.1) is 41.9 Å². The van der Waals surface area contributed by atoms with Crippen molar-refractivity contribution in [3.63, 3.8) is 0 Å². The zero-order chi connectivity index (χ0) is 12.7. The summed E-state index contributed by atoms with van der Waals surface area (Å²) in [6.45, 7) is 9.70. The summed E-state index contributed by atoms with van der Waals surface area (Å²) in [7, 11) is 1.77. The number of halogens is 1. The molecule has 0 saturated heterocycles. The summed E-state index contributed by atoms with van der Waals surface area (Å²) in [6.07, 6.45) is 1.82. The molecule has 0 atom stereocenters. The lowest BCUT2D eigenvalue weighted by Gasteiger charge is -2.24. The normalized spacial score (nSPS) is 11.6. The maximum atomic E-state index is 4.16. The van der Waals surface area contributed by atoms with Gasteiger partial charge in [-0.2, -0.15) is 0 Å². The standard InChI is InChI=1S/C13H21N3S.HI/c1-5-8-15-12(14-4)16-10-13(2,3)11-7-6-9-17-11;/h5-7,9H,1,8,10H2,2-4H3,(H2,14,15,16);1H. The Morgan fingerprint density at radius 3 is 2.72 bits per heavy atom. The van der Waals surface area contributed by atoms with Crippen LogP contribution in [0.15, 0.2) is 35.2 Å². The Balaban J connectivity index is 0.00000289. The number of thiophene rings is 1. The molecule has 0 bridgehead atoms. The van der Waals surface area contributed by atoms with Gasteiger partial charge in [0.25, 0.3) is 0 Å². The topological polar surface area (TPSA) is 36.4 Å². The van der Waals surface area contributed by atoms with Crippen molar-refractivity contribution < 1.29 is 0 Å². The number of nitrogens with zero attached hydrogens (tertiary/aromatic N) is 1. The maximum absolute atomic E-state index is 4.16. The molecule has 0 aliphatic carbocycles. The van der Waals surface area contributed by atoms with Crippen molar-refractivity contribution in [3.05, 3.63) is 35.0 Å². The zero-order valence-electron chi connectivity index (χ0n) is 11.2. The first-order chi connectivity index (χ1) is 8.10. The highest BCUT2D eigenvalue weighted by molar-refractivity contribution is 14.0. The minimum Gasteiger partial charge on any atom is -0.356 e. The Morgan fingerprint density at radius 2 is 2.22 bits per heavy atom. The van der Waals surface area contributed by atoms with E-state index in [2.05, 4.69) is 53.6 Å². The molecule has 102 valence electrons. The average Bonchev–Trinajstić information content (AvgIpc) is 2.83. The summed E-state index contributed by atoms with van der Waals surface area (Å²) >= 11 is 1.79. The van der Waals surface area contributed by atoms with Crippen LogP contribution in [-0.2, 0) is 5.41 Å². The molecule has 0 aliphatic rings. The fourth-order valence-electron chi connectivity index (χ4n) is 1.44. The number of aliphatic imine (C=N–C) groups is 1. The van der Waals surface area contributed by atoms with Crippen LogP contribution in [0.3, 0.4) is 0 Å². The molecule has 18 heavy (non-hydrogen) atoms. The molecule has 3 nitrogen and oxygen atoms in total. The Kier molecular flexibility index (Phi) is 8.26. The third-order valence-electron chi connectivity index (χ3n) is 2.52. The van der Waals surface area contributed by atoms with E-state index in [0.29, 0.717) is 0 Å². The largest absolute Gasteiger partial charge is 0.356 e. The van der Waals surface area contributed by atoms with Crippen molar-refractivity contribution in [2.45, 2.75) is 19.3 Å². The molecule has 1 rings (SSSR count). The molecular weight excluding hydrogens is 357 g/mol. The summed E-state index contributed by atoms with van der Waals surface area (Å²) < 4.78 is 0. The number of hydrogen-bond donors (Lipinski definition) is 2. The number of hydrogen-bond acceptors (Lipinski definition) is 2. The quantitative estimate of drug-likeness (QED) is 0.357. The van der Waals surface area contributed by atoms with Gasteiger partial charge in [-0.05, 0) is 11.4 Å². The first-order valence-electron chi connectivity index (χ1n) is 5.69. The molecule has 1 heterocycles. The van der Waals surface area contributed by atoms with Gasteiger partial charge in [-0.3, -0.25) is 4.99 Å². The monoisotopic (exact) mass is 379 g/mol. The Labute approximate surface area is 131 Å². The van der Waals surface area contributed by atoms with Crippen LogP contribution >= 0.6 is 35.3 Å². The van der Waals surface area contributed by atoms with Crippen LogP contribution in [0.2, 0.25) is 0 Å². The van der Waals surface area contributed by atoms with E-state index in [1.807, 2.05) is 6.08 Å². The van der Waals surface area contributed by atoms with E-state index in [4.69, 9.17) is 0 Å². The molecule has 0 saturated carbocycles. The number of nitrogens with one attached hydrogen (secondary N) is 2. The van der Waals surface area contributed by atoms with Crippen LogP contribution in [0.25, 0.3) is 0 Å². The number of rotatable bonds is 5. The van der Waals surface area contributed by atoms with Crippen molar-refractivity contribution in [1.29, 1.82) is 0 Å². The van der Waals surface area contributed by atoms with Crippen LogP contribution in [-0.4, -0.2) is 26.1 Å². The van der Waals surface area contributed by atoms with Crippen LogP contribution in [0.5, 0.6) is 0 Å². The van der Waals surface area contributed by atoms with Crippen LogP contribution in [0, 0.1) is 0 Å². The average molecular weight is 379 g/mol. The lowest BCUT2D eigenvalue weighted by molar-refractivity contribution is 0.519. The molecule has 0 amide bonds. The van der Waals surface area contributed by atoms with Crippen molar-refractivity contribution in [2.24, 2.45) is 4.99 Å². The molecule has 0 aromatic carbocycles. The Hall–Kier alpha value is -0.560. The van der Waals surface area contributed by atoms with Gasteiger partial charge in [0.2, 0.25) is 0 Å². The molecule has 0 fully saturated rings. The van der Waals surface area contributed by atoms with E-state index in [1.165, 1.54) is 4.88 Å². The van der Waals surface area contributed by atoms with E-state index in [1.54, 1.807) is 18.4 Å². The van der Waals surface area contributed by atoms with Crippen LogP contribution < -0.4 is 10.6 Å². The summed E-state index contributed by atoms with van der Waals surface area (Å²) in [5, 5.41) is 8.60. The van der Waals surface area contributed by atoms with E-state index in [-0.39, 0.29) is 29.4 Å². The molecule has 0 aliphatic heterocycles. The van der Waals surface area contributed by atoms with E-state index in [9.17, 15) is 0 Å². The minimum atomic E-state index is 0. The van der Waals surface area contributed by atoms with Crippen molar-refractivity contribution in [3.8, 4) is 0 Å². The molecule has 5 heteroatoms. The maximum Gasteiger partial charge on any atom is 0.191 e. The summed E-state index contributed by atoms with van der Waals surface area (Å²) in [5.41, 5.74) is 0.111. The highest BCUT2D eigenvalue weighted by atomic mass is 127. The van der Waals surface area contributed by atoms with Gasteiger partial charge in [-0.1, -0.05) is 26.0 Å². The van der Waals surface area contributed by atoms with Gasteiger partial charge < -0.3 is 10.6 Å². The van der Waals surface area contributed by atoms with Crippen molar-refractivity contribution >= 4 is 41.3 Å². The van der Waals surface area contributed by atoms with Gasteiger partial charge in [-0.25, -0.2) is 0 Å². The Morgan fingerprint density at radius 1 is 1.50 bits per heavy atom. The highest BCUT2D eigenvalue weighted by Crippen LogP contribution is 2.26. The molecule has 0 radical (unpaired) electrons. The van der Waals surface area contributed by atoms with Gasteiger partial charge >= 0.3 is 0 Å². The van der Waals surface area contributed by atoms with Gasteiger partial charge in [0, 0.05) is 30.4 Å². The lowest BCUT2D eigenvalue weighted by Crippen LogP contribution is -2.43. The molecular formula is C13H22IN3S. The highest BCUT2D eigenvalue weighted by Gasteiger charge is 2.21. The molecule has 1 aromatic heterocycles. The van der Waals surface area contributed by atoms with Gasteiger partial charge in [0.05, 0.1) is 0 Å². The summed E-state index contributed by atoms with van der Waals surface area (Å²) in [4.78, 5) is 5.54. The van der Waals surface area contributed by atoms with E-state index >= 15 is 0 Å². The molecule has 1 aromatic rings. The fourth-order valence-corrected chi connectivity index (χ4v) is 2.30. The third kappa shape index (κ3) is 5.39. The lowest BCUT2D eigenvalue weighted by atomic mass is 9.91. The summed E-state index contributed by atoms with van der Waals surface area (Å²) in [6, 6.07) is 4.26. The van der Waals surface area contributed by atoms with Crippen molar-refractivity contribution in [1.82, 2.24) is 10.6 Å². The van der Waals surface area contributed by atoms with Crippen molar-refractivity contribution in [2.75, 3.05) is 20.1 Å². The van der Waals surface area contributed by atoms with E-state index < -0.39 is 0 Å². The molecule has 2 N–H and O–H groups in total. The first kappa shape index (κ1) is 17.4. The SMILES string of the molecule is C=CCNC(=NC)NCC(C)(C)c1cccs1.I. The smallest absolute Gasteiger partial charge is 0.191 e. The molecule has 0 spiro atoms. The Bertz CT molecular complexity index is 372.